The molecule has 1 N–H and O–H groups in total. The summed E-state index contributed by atoms with van der Waals surface area (Å²) in [7, 11) is 3.16. The minimum atomic E-state index is -0.812. The molecule has 1 unspecified atom stereocenters. The van der Waals surface area contributed by atoms with Crippen LogP contribution in [-0.4, -0.2) is 31.0 Å². The van der Waals surface area contributed by atoms with E-state index in [9.17, 15) is 14.7 Å². The van der Waals surface area contributed by atoms with Crippen LogP contribution in [0, 0.1) is 13.8 Å². The maximum atomic E-state index is 13.5. The molecule has 6 heteroatoms. The van der Waals surface area contributed by atoms with Crippen LogP contribution in [0.3, 0.4) is 0 Å². The monoisotopic (exact) mass is 499 g/mol. The second-order valence-corrected chi connectivity index (χ2v) is 10.4. The van der Waals surface area contributed by atoms with Crippen LogP contribution in [0.4, 0.5) is 5.69 Å². The molecule has 192 valence electrons. The summed E-state index contributed by atoms with van der Waals surface area (Å²) in [4.78, 5) is 28.4. The van der Waals surface area contributed by atoms with Crippen molar-refractivity contribution >= 4 is 23.1 Å². The van der Waals surface area contributed by atoms with E-state index in [0.29, 0.717) is 28.3 Å². The summed E-state index contributed by atoms with van der Waals surface area (Å²) in [6, 6.07) is 17.6. The standard InChI is InChI=1S/C31H33NO5/c1-18-17-25(37-7)19(2)16-24(18)28(33)26-27(20-8-14-23(36-6)15-9-20)32(30(35)29(26)34)22-12-10-21(11-13-22)31(3,4)5/h8-17,27,33H,1-7H3/b28-26+. The molecule has 0 bridgehead atoms. The number of carbonyl (C=O) groups is 2. The number of rotatable bonds is 5. The highest BCUT2D eigenvalue weighted by molar-refractivity contribution is 6.51. The molecule has 1 saturated heterocycles. The topological polar surface area (TPSA) is 76.1 Å². The normalized spacial score (nSPS) is 17.3. The van der Waals surface area contributed by atoms with E-state index >= 15 is 0 Å². The lowest BCUT2D eigenvalue weighted by Crippen LogP contribution is -2.29. The Morgan fingerprint density at radius 1 is 0.865 bits per heavy atom. The molecule has 0 aliphatic carbocycles. The Labute approximate surface area is 218 Å². The fourth-order valence-electron chi connectivity index (χ4n) is 4.73. The van der Waals surface area contributed by atoms with Gasteiger partial charge in [0.05, 0.1) is 25.8 Å². The summed E-state index contributed by atoms with van der Waals surface area (Å²) in [6.45, 7) is 10.0. The fourth-order valence-corrected chi connectivity index (χ4v) is 4.73. The zero-order valence-corrected chi connectivity index (χ0v) is 22.4. The molecule has 1 fully saturated rings. The van der Waals surface area contributed by atoms with E-state index in [1.807, 2.05) is 56.3 Å². The van der Waals surface area contributed by atoms with Gasteiger partial charge in [-0.2, -0.15) is 0 Å². The van der Waals surface area contributed by atoms with Crippen LogP contribution in [0.25, 0.3) is 5.76 Å². The van der Waals surface area contributed by atoms with Crippen LogP contribution in [0.2, 0.25) is 0 Å². The van der Waals surface area contributed by atoms with Gasteiger partial charge in [0.2, 0.25) is 0 Å². The van der Waals surface area contributed by atoms with Gasteiger partial charge >= 0.3 is 0 Å². The first-order valence-corrected chi connectivity index (χ1v) is 12.2. The molecule has 0 spiro atoms. The van der Waals surface area contributed by atoms with Gasteiger partial charge in [-0.15, -0.1) is 0 Å². The van der Waals surface area contributed by atoms with Gasteiger partial charge in [-0.25, -0.2) is 0 Å². The van der Waals surface area contributed by atoms with Crippen LogP contribution in [-0.2, 0) is 15.0 Å². The Morgan fingerprint density at radius 2 is 1.49 bits per heavy atom. The van der Waals surface area contributed by atoms with Crippen molar-refractivity contribution in [1.29, 1.82) is 0 Å². The van der Waals surface area contributed by atoms with E-state index in [1.165, 1.54) is 4.90 Å². The van der Waals surface area contributed by atoms with Crippen molar-refractivity contribution in [2.24, 2.45) is 0 Å². The summed E-state index contributed by atoms with van der Waals surface area (Å²) < 4.78 is 10.7. The Kier molecular flexibility index (Phi) is 6.87. The SMILES string of the molecule is COc1ccc(C2/C(=C(\O)c3cc(C)c(OC)cc3C)C(=O)C(=O)N2c2ccc(C(C)(C)C)cc2)cc1. The highest BCUT2D eigenvalue weighted by Gasteiger charge is 2.47. The smallest absolute Gasteiger partial charge is 0.300 e. The number of benzene rings is 3. The second kappa shape index (κ2) is 9.77. The Balaban J connectivity index is 1.93. The number of aliphatic hydroxyl groups is 1. The van der Waals surface area contributed by atoms with Crippen LogP contribution in [0.5, 0.6) is 11.5 Å². The molecule has 4 rings (SSSR count). The first kappa shape index (κ1) is 26.0. The molecular weight excluding hydrogens is 466 g/mol. The number of hydrogen-bond acceptors (Lipinski definition) is 5. The molecule has 3 aromatic rings. The zero-order chi connectivity index (χ0) is 27.1. The van der Waals surface area contributed by atoms with Gasteiger partial charge in [0.1, 0.15) is 17.3 Å². The molecule has 0 radical (unpaired) electrons. The number of nitrogens with zero attached hydrogens (tertiary/aromatic N) is 1. The van der Waals surface area contributed by atoms with Gasteiger partial charge < -0.3 is 14.6 Å². The van der Waals surface area contributed by atoms with Crippen LogP contribution in [0.15, 0.2) is 66.2 Å². The number of ketones is 1. The van der Waals surface area contributed by atoms with E-state index in [4.69, 9.17) is 9.47 Å². The van der Waals surface area contributed by atoms with Crippen LogP contribution in [0.1, 0.15) is 54.6 Å². The van der Waals surface area contributed by atoms with Crippen molar-refractivity contribution in [3.05, 3.63) is 94.1 Å². The van der Waals surface area contributed by atoms with E-state index in [0.717, 1.165) is 16.7 Å². The lowest BCUT2D eigenvalue weighted by Gasteiger charge is -2.27. The molecule has 1 aliphatic heterocycles. The lowest BCUT2D eigenvalue weighted by molar-refractivity contribution is -0.132. The number of aryl methyl sites for hydroxylation is 2. The molecule has 3 aromatic carbocycles. The minimum Gasteiger partial charge on any atom is -0.507 e. The molecule has 1 amide bonds. The largest absolute Gasteiger partial charge is 0.507 e. The third-order valence-corrected chi connectivity index (χ3v) is 6.88. The molecule has 6 nitrogen and oxygen atoms in total. The number of methoxy groups -OCH3 is 2. The quantitative estimate of drug-likeness (QED) is 0.255. The second-order valence-electron chi connectivity index (χ2n) is 10.4. The fraction of sp³-hybridized carbons (Fsp3) is 0.290. The molecule has 0 aromatic heterocycles. The van der Waals surface area contributed by atoms with Crippen molar-refractivity contribution in [2.45, 2.75) is 46.1 Å². The van der Waals surface area contributed by atoms with E-state index < -0.39 is 17.7 Å². The van der Waals surface area contributed by atoms with E-state index in [1.54, 1.807) is 32.4 Å². The van der Waals surface area contributed by atoms with Gasteiger partial charge in [-0.05, 0) is 77.9 Å². The first-order valence-electron chi connectivity index (χ1n) is 12.2. The van der Waals surface area contributed by atoms with Crippen molar-refractivity contribution in [1.82, 2.24) is 0 Å². The maximum absolute atomic E-state index is 13.5. The minimum absolute atomic E-state index is 0.0442. The summed E-state index contributed by atoms with van der Waals surface area (Å²) in [5, 5.41) is 11.5. The third kappa shape index (κ3) is 4.71. The molecule has 1 aliphatic rings. The van der Waals surface area contributed by atoms with Gasteiger partial charge in [0, 0.05) is 11.3 Å². The predicted molar refractivity (Wildman–Crippen MR) is 145 cm³/mol. The van der Waals surface area contributed by atoms with Gasteiger partial charge in [0.25, 0.3) is 11.7 Å². The number of carbonyl (C=O) groups excluding carboxylic acids is 2. The molecule has 37 heavy (non-hydrogen) atoms. The zero-order valence-electron chi connectivity index (χ0n) is 22.4. The Hall–Kier alpha value is -4.06. The lowest BCUT2D eigenvalue weighted by atomic mass is 9.87. The summed E-state index contributed by atoms with van der Waals surface area (Å²) in [5.74, 6) is -0.298. The van der Waals surface area contributed by atoms with Crippen LogP contribution >= 0.6 is 0 Å². The number of amides is 1. The summed E-state index contributed by atoms with van der Waals surface area (Å²) in [5.41, 5.74) is 4.38. The average molecular weight is 500 g/mol. The summed E-state index contributed by atoms with van der Waals surface area (Å²) in [6.07, 6.45) is 0. The van der Waals surface area contributed by atoms with Crippen LogP contribution < -0.4 is 14.4 Å². The highest BCUT2D eigenvalue weighted by atomic mass is 16.5. The van der Waals surface area contributed by atoms with Gasteiger partial charge in [0.15, 0.2) is 0 Å². The Bertz CT molecular complexity index is 1380. The molecule has 1 heterocycles. The molecular formula is C31H33NO5. The summed E-state index contributed by atoms with van der Waals surface area (Å²) >= 11 is 0. The van der Waals surface area contributed by atoms with Crippen molar-refractivity contribution in [3.8, 4) is 11.5 Å². The number of Topliss-reactive ketones (excluding diaryl/α,β-unsaturated/α-hetero) is 1. The predicted octanol–water partition coefficient (Wildman–Crippen LogP) is 6.24. The van der Waals surface area contributed by atoms with Gasteiger partial charge in [-0.3, -0.25) is 14.5 Å². The number of anilines is 1. The highest BCUT2D eigenvalue weighted by Crippen LogP contribution is 2.43. The first-order chi connectivity index (χ1) is 17.5. The Morgan fingerprint density at radius 3 is 2.03 bits per heavy atom. The van der Waals surface area contributed by atoms with E-state index in [-0.39, 0.29) is 16.7 Å². The van der Waals surface area contributed by atoms with Crippen molar-refractivity contribution < 1.29 is 24.2 Å². The number of aliphatic hydroxyl groups excluding tert-OH is 1. The van der Waals surface area contributed by atoms with Crippen molar-refractivity contribution in [2.75, 3.05) is 19.1 Å². The average Bonchev–Trinajstić information content (AvgIpc) is 3.14. The van der Waals surface area contributed by atoms with Crippen molar-refractivity contribution in [3.63, 3.8) is 0 Å². The molecule has 1 atom stereocenters. The van der Waals surface area contributed by atoms with E-state index in [2.05, 4.69) is 20.8 Å². The maximum Gasteiger partial charge on any atom is 0.300 e. The number of ether oxygens (including phenoxy) is 2. The number of hydrogen-bond donors (Lipinski definition) is 1. The van der Waals surface area contributed by atoms with Gasteiger partial charge in [-0.1, -0.05) is 45.0 Å². The molecule has 0 saturated carbocycles. The third-order valence-electron chi connectivity index (χ3n) is 6.88.